The number of H-pyrrole nitrogens is 1. The molecule has 0 radical (unpaired) electrons. The number of hydrogen-bond donors (Lipinski definition) is 1. The maximum atomic E-state index is 13.1. The van der Waals surface area contributed by atoms with Gasteiger partial charge in [0.2, 0.25) is 0 Å². The Morgan fingerprint density at radius 2 is 2.12 bits per heavy atom. The Hall–Kier alpha value is -2.22. The first kappa shape index (κ1) is 24.9. The van der Waals surface area contributed by atoms with Crippen molar-refractivity contribution in [1.29, 1.82) is 0 Å². The van der Waals surface area contributed by atoms with E-state index < -0.39 is 42.9 Å². The fourth-order valence-corrected chi connectivity index (χ4v) is 6.04. The van der Waals surface area contributed by atoms with Crippen LogP contribution >= 0.6 is 7.82 Å². The number of phosphoric ester groups is 1. The van der Waals surface area contributed by atoms with Crippen LogP contribution in [0.25, 0.3) is 0 Å². The Kier molecular flexibility index (Phi) is 7.45. The highest BCUT2D eigenvalue weighted by Crippen LogP contribution is 2.60. The first-order valence-electron chi connectivity index (χ1n) is 11.5. The number of ether oxygens (including phenoxy) is 2. The lowest BCUT2D eigenvalue weighted by Crippen LogP contribution is -2.43. The number of fused-ring (bicyclic) bond motifs is 1. The zero-order valence-corrected chi connectivity index (χ0v) is 19.9. The first-order chi connectivity index (χ1) is 16.2. The van der Waals surface area contributed by atoms with Crippen LogP contribution in [0, 0.1) is 17.8 Å². The molecule has 2 saturated heterocycles. The Balaban J connectivity index is 1.32. The molecule has 0 spiro atoms. The minimum atomic E-state index is -3.94. The number of phosphoric acid groups is 1. The van der Waals surface area contributed by atoms with E-state index in [-0.39, 0.29) is 31.7 Å². The van der Waals surface area contributed by atoms with Crippen molar-refractivity contribution in [3.05, 3.63) is 33.1 Å². The number of nitrogens with zero attached hydrogens (tertiary/aromatic N) is 1. The van der Waals surface area contributed by atoms with Gasteiger partial charge in [-0.1, -0.05) is 5.92 Å². The number of carbonyl (C=O) groups is 1. The molecule has 2 aliphatic heterocycles. The summed E-state index contributed by atoms with van der Waals surface area (Å²) < 4.78 is 42.0. The van der Waals surface area contributed by atoms with Gasteiger partial charge in [0.25, 0.3) is 5.56 Å². The molecule has 1 N–H and O–H groups in total. The second-order valence-corrected chi connectivity index (χ2v) is 10.5. The third-order valence-electron chi connectivity index (χ3n) is 6.42. The molecule has 3 fully saturated rings. The predicted molar refractivity (Wildman–Crippen MR) is 119 cm³/mol. The minimum absolute atomic E-state index is 0.0338. The average molecular weight is 496 g/mol. The fraction of sp³-hybridized carbons (Fsp3) is 0.682. The number of terminal acetylenes is 1. The second kappa shape index (κ2) is 10.2. The summed E-state index contributed by atoms with van der Waals surface area (Å²) in [6, 6.07) is 1.18. The molecule has 5 atom stereocenters. The lowest BCUT2D eigenvalue weighted by atomic mass is 9.83. The largest absolute Gasteiger partial charge is 0.475 e. The number of carbonyl (C=O) groups excluding carboxylic acids is 1. The molecule has 3 heterocycles. The van der Waals surface area contributed by atoms with Crippen LogP contribution < -0.4 is 11.2 Å². The quantitative estimate of drug-likeness (QED) is 0.249. The summed E-state index contributed by atoms with van der Waals surface area (Å²) in [6.07, 6.45) is 9.83. The molecule has 1 aromatic rings. The van der Waals surface area contributed by atoms with Crippen molar-refractivity contribution in [1.82, 2.24) is 9.55 Å². The first-order valence-corrected chi connectivity index (χ1v) is 12.9. The van der Waals surface area contributed by atoms with Gasteiger partial charge in [-0.2, -0.15) is 0 Å². The van der Waals surface area contributed by atoms with Crippen molar-refractivity contribution in [2.24, 2.45) is 5.41 Å². The summed E-state index contributed by atoms with van der Waals surface area (Å²) in [7, 11) is -3.94. The van der Waals surface area contributed by atoms with E-state index in [1.807, 2.05) is 0 Å². The molecule has 11 nitrogen and oxygen atoms in total. The molecule has 186 valence electrons. The van der Waals surface area contributed by atoms with Crippen LogP contribution in [-0.4, -0.2) is 47.0 Å². The van der Waals surface area contributed by atoms with E-state index >= 15 is 0 Å². The van der Waals surface area contributed by atoms with Crippen LogP contribution in [0.5, 0.6) is 0 Å². The monoisotopic (exact) mass is 496 g/mol. The van der Waals surface area contributed by atoms with Crippen LogP contribution in [0.4, 0.5) is 0 Å². The zero-order valence-electron chi connectivity index (χ0n) is 19.0. The number of nitrogens with one attached hydrogen (secondary N) is 1. The van der Waals surface area contributed by atoms with E-state index in [9.17, 15) is 18.9 Å². The van der Waals surface area contributed by atoms with Gasteiger partial charge in [-0.15, -0.1) is 6.42 Å². The molecule has 1 aliphatic carbocycles. The summed E-state index contributed by atoms with van der Waals surface area (Å²) in [5.74, 6) is 2.37. The average Bonchev–Trinajstić information content (AvgIpc) is 3.40. The van der Waals surface area contributed by atoms with Crippen molar-refractivity contribution in [2.45, 2.75) is 76.4 Å². The van der Waals surface area contributed by atoms with Gasteiger partial charge in [-0.3, -0.25) is 32.7 Å². The Morgan fingerprint density at radius 1 is 1.35 bits per heavy atom. The molecule has 3 aliphatic rings. The van der Waals surface area contributed by atoms with Crippen LogP contribution in [0.1, 0.15) is 58.1 Å². The number of aromatic nitrogens is 2. The molecule has 0 amide bonds. The fourth-order valence-electron chi connectivity index (χ4n) is 4.53. The molecule has 1 unspecified atom stereocenters. The number of hydrogen-bond acceptors (Lipinski definition) is 9. The highest BCUT2D eigenvalue weighted by molar-refractivity contribution is 7.48. The molecular weight excluding hydrogens is 467 g/mol. The number of rotatable bonds is 8. The van der Waals surface area contributed by atoms with Crippen LogP contribution in [0.2, 0.25) is 0 Å². The second-order valence-electron chi connectivity index (χ2n) is 8.93. The lowest BCUT2D eigenvalue weighted by Gasteiger charge is -2.35. The summed E-state index contributed by atoms with van der Waals surface area (Å²) >= 11 is 0. The third kappa shape index (κ3) is 5.21. The minimum Gasteiger partial charge on any atom is -0.462 e. The highest BCUT2D eigenvalue weighted by atomic mass is 31.2. The Morgan fingerprint density at radius 3 is 2.82 bits per heavy atom. The standard InChI is InChI=1S/C22H29N2O9P/c1-3-22(2)19-16(32-20(22)24-12-11-17(25)23-21(24)27)14-30-34(28,33-19)29-13-7-6-10-18(26)31-15-8-4-5-9-15/h1,11-12,15-16,19-20H,4-10,13-14H2,2H3,(H,23,25,27)/t16-,19-,20-,22-,34?/m1/s1. The summed E-state index contributed by atoms with van der Waals surface area (Å²) in [4.78, 5) is 37.8. The maximum absolute atomic E-state index is 13.1. The summed E-state index contributed by atoms with van der Waals surface area (Å²) in [5.41, 5.74) is -2.44. The van der Waals surface area contributed by atoms with Gasteiger partial charge in [0.1, 0.15) is 23.7 Å². The summed E-state index contributed by atoms with van der Waals surface area (Å²) in [5, 5.41) is 0. The summed E-state index contributed by atoms with van der Waals surface area (Å²) in [6.45, 7) is 1.59. The van der Waals surface area contributed by atoms with Crippen molar-refractivity contribution in [2.75, 3.05) is 13.2 Å². The maximum Gasteiger partial charge on any atom is 0.475 e. The van der Waals surface area contributed by atoms with Gasteiger partial charge in [0.15, 0.2) is 6.23 Å². The van der Waals surface area contributed by atoms with Gasteiger partial charge in [-0.05, 0) is 45.4 Å². The number of aromatic amines is 1. The van der Waals surface area contributed by atoms with Gasteiger partial charge in [0.05, 0.1) is 13.2 Å². The molecule has 34 heavy (non-hydrogen) atoms. The molecule has 0 bridgehead atoms. The van der Waals surface area contributed by atoms with E-state index in [0.29, 0.717) is 12.8 Å². The zero-order chi connectivity index (χ0) is 24.3. The highest BCUT2D eigenvalue weighted by Gasteiger charge is 2.60. The predicted octanol–water partition coefficient (Wildman–Crippen LogP) is 2.27. The molecule has 1 saturated carbocycles. The van der Waals surface area contributed by atoms with E-state index in [1.165, 1.54) is 16.8 Å². The van der Waals surface area contributed by atoms with E-state index in [1.54, 1.807) is 6.92 Å². The molecule has 12 heteroatoms. The third-order valence-corrected chi connectivity index (χ3v) is 7.87. The van der Waals surface area contributed by atoms with Crippen LogP contribution in [0.15, 0.2) is 21.9 Å². The van der Waals surface area contributed by atoms with Gasteiger partial charge < -0.3 is 9.47 Å². The molecule has 4 rings (SSSR count). The normalized spacial score (nSPS) is 33.4. The van der Waals surface area contributed by atoms with Crippen molar-refractivity contribution in [3.8, 4) is 12.3 Å². The van der Waals surface area contributed by atoms with E-state index in [4.69, 9.17) is 29.5 Å². The molecular formula is C22H29N2O9P. The smallest absolute Gasteiger partial charge is 0.462 e. The van der Waals surface area contributed by atoms with Crippen LogP contribution in [-0.2, 0) is 32.4 Å². The molecule has 1 aromatic heterocycles. The molecule has 0 aromatic carbocycles. The van der Waals surface area contributed by atoms with E-state index in [0.717, 1.165) is 25.7 Å². The van der Waals surface area contributed by atoms with Gasteiger partial charge in [0, 0.05) is 18.7 Å². The van der Waals surface area contributed by atoms with Crippen molar-refractivity contribution >= 4 is 13.8 Å². The van der Waals surface area contributed by atoms with Gasteiger partial charge >= 0.3 is 19.5 Å². The van der Waals surface area contributed by atoms with Crippen LogP contribution in [0.3, 0.4) is 0 Å². The SMILES string of the molecule is C#C[C@]1(C)[C@@H]2OP(=O)(OCCCCC(=O)OC3CCCC3)OC[C@H]2O[C@H]1n1ccc(=O)[nH]c1=O. The number of esters is 1. The number of unbranched alkanes of at least 4 members (excludes halogenated alkanes) is 1. The Labute approximate surface area is 196 Å². The van der Waals surface area contributed by atoms with Crippen molar-refractivity contribution < 1.29 is 32.4 Å². The topological polar surface area (TPSA) is 135 Å². The Bertz CT molecular complexity index is 1100. The van der Waals surface area contributed by atoms with E-state index in [2.05, 4.69) is 10.9 Å². The van der Waals surface area contributed by atoms with Gasteiger partial charge in [-0.25, -0.2) is 9.36 Å². The lowest BCUT2D eigenvalue weighted by molar-refractivity contribution is -0.148. The van der Waals surface area contributed by atoms with Crippen molar-refractivity contribution in [3.63, 3.8) is 0 Å².